The summed E-state index contributed by atoms with van der Waals surface area (Å²) < 4.78 is 18.1. The lowest BCUT2D eigenvalue weighted by Gasteiger charge is -2.21. The first kappa shape index (κ1) is 18.7. The molecule has 0 aliphatic heterocycles. The van der Waals surface area contributed by atoms with Crippen LogP contribution in [-0.2, 0) is 4.79 Å². The quantitative estimate of drug-likeness (QED) is 0.765. The van der Waals surface area contributed by atoms with E-state index in [1.807, 2.05) is 19.0 Å². The average molecular weight is 347 g/mol. The van der Waals surface area contributed by atoms with Crippen molar-refractivity contribution in [2.45, 2.75) is 12.5 Å². The number of furan rings is 1. The number of rotatable bonds is 8. The normalized spacial score (nSPS) is 12.0. The van der Waals surface area contributed by atoms with Gasteiger partial charge in [-0.25, -0.2) is 4.39 Å². The van der Waals surface area contributed by atoms with Gasteiger partial charge < -0.3 is 20.0 Å². The van der Waals surface area contributed by atoms with Gasteiger partial charge in [0, 0.05) is 0 Å². The molecule has 1 heterocycles. The maximum Gasteiger partial charge on any atom is 0.287 e. The molecule has 2 rings (SSSR count). The lowest BCUT2D eigenvalue weighted by molar-refractivity contribution is -0.120. The van der Waals surface area contributed by atoms with Crippen LogP contribution < -0.4 is 10.6 Å². The van der Waals surface area contributed by atoms with E-state index >= 15 is 0 Å². The maximum atomic E-state index is 13.1. The number of hydrogen-bond donors (Lipinski definition) is 2. The number of carbonyl (C=O) groups excluding carboxylic acids is 2. The fourth-order valence-corrected chi connectivity index (χ4v) is 2.31. The van der Waals surface area contributed by atoms with Gasteiger partial charge in [-0.2, -0.15) is 0 Å². The van der Waals surface area contributed by atoms with Gasteiger partial charge in [0.25, 0.3) is 5.91 Å². The van der Waals surface area contributed by atoms with Crippen LogP contribution in [-0.4, -0.2) is 43.9 Å². The van der Waals surface area contributed by atoms with E-state index in [2.05, 4.69) is 10.6 Å². The van der Waals surface area contributed by atoms with E-state index in [-0.39, 0.29) is 30.1 Å². The fourth-order valence-electron chi connectivity index (χ4n) is 2.31. The second kappa shape index (κ2) is 8.98. The Bertz CT molecular complexity index is 684. The fraction of sp³-hybridized carbons (Fsp3) is 0.333. The molecule has 0 bridgehead atoms. The highest BCUT2D eigenvalue weighted by Crippen LogP contribution is 2.17. The number of benzene rings is 1. The van der Waals surface area contributed by atoms with Crippen LogP contribution in [0, 0.1) is 5.82 Å². The van der Waals surface area contributed by atoms with E-state index in [0.717, 1.165) is 12.1 Å². The Labute approximate surface area is 146 Å². The molecule has 0 aliphatic rings. The number of carbonyl (C=O) groups is 2. The third kappa shape index (κ3) is 6.04. The predicted molar refractivity (Wildman–Crippen MR) is 91.5 cm³/mol. The Balaban J connectivity index is 1.94. The molecule has 7 heteroatoms. The Morgan fingerprint density at radius 2 is 1.92 bits per heavy atom. The van der Waals surface area contributed by atoms with Crippen molar-refractivity contribution in [3.8, 4) is 0 Å². The highest BCUT2D eigenvalue weighted by atomic mass is 19.1. The smallest absolute Gasteiger partial charge is 0.287 e. The summed E-state index contributed by atoms with van der Waals surface area (Å²) in [6, 6.07) is 8.88. The SMILES string of the molecule is CN(C)CCC(NC(=O)CNC(=O)c1ccco1)c1ccc(F)cc1. The van der Waals surface area contributed by atoms with Crippen LogP contribution in [0.5, 0.6) is 0 Å². The first-order chi connectivity index (χ1) is 12.0. The molecule has 25 heavy (non-hydrogen) atoms. The average Bonchev–Trinajstić information content (AvgIpc) is 3.12. The van der Waals surface area contributed by atoms with E-state index in [4.69, 9.17) is 4.42 Å². The zero-order valence-electron chi connectivity index (χ0n) is 14.3. The van der Waals surface area contributed by atoms with Gasteiger partial charge in [-0.3, -0.25) is 9.59 Å². The van der Waals surface area contributed by atoms with Crippen LogP contribution in [0.4, 0.5) is 4.39 Å². The summed E-state index contributed by atoms with van der Waals surface area (Å²) in [5.41, 5.74) is 0.814. The third-order valence-electron chi connectivity index (χ3n) is 3.63. The molecule has 0 radical (unpaired) electrons. The second-order valence-electron chi connectivity index (χ2n) is 5.92. The number of hydrogen-bond acceptors (Lipinski definition) is 4. The van der Waals surface area contributed by atoms with Crippen molar-refractivity contribution >= 4 is 11.8 Å². The van der Waals surface area contributed by atoms with Crippen molar-refractivity contribution in [1.82, 2.24) is 15.5 Å². The molecule has 0 aliphatic carbocycles. The summed E-state index contributed by atoms with van der Waals surface area (Å²) in [5.74, 6) is -0.956. The lowest BCUT2D eigenvalue weighted by atomic mass is 10.0. The Morgan fingerprint density at radius 3 is 2.52 bits per heavy atom. The predicted octanol–water partition coefficient (Wildman–Crippen LogP) is 1.96. The van der Waals surface area contributed by atoms with Crippen LogP contribution >= 0.6 is 0 Å². The van der Waals surface area contributed by atoms with Gasteiger partial charge >= 0.3 is 0 Å². The molecular formula is C18H22FN3O3. The molecule has 1 aromatic heterocycles. The van der Waals surface area contributed by atoms with Gasteiger partial charge in [0.1, 0.15) is 5.82 Å². The largest absolute Gasteiger partial charge is 0.459 e. The molecule has 1 atom stereocenters. The van der Waals surface area contributed by atoms with Crippen LogP contribution in [0.15, 0.2) is 47.1 Å². The molecule has 1 aromatic carbocycles. The Kier molecular flexibility index (Phi) is 6.71. The van der Waals surface area contributed by atoms with Gasteiger partial charge in [-0.15, -0.1) is 0 Å². The number of nitrogens with one attached hydrogen (secondary N) is 2. The first-order valence-corrected chi connectivity index (χ1v) is 7.97. The van der Waals surface area contributed by atoms with Crippen LogP contribution in [0.3, 0.4) is 0 Å². The van der Waals surface area contributed by atoms with E-state index in [9.17, 15) is 14.0 Å². The van der Waals surface area contributed by atoms with Crippen molar-refractivity contribution in [1.29, 1.82) is 0 Å². The summed E-state index contributed by atoms with van der Waals surface area (Å²) >= 11 is 0. The molecule has 0 saturated carbocycles. The molecule has 0 spiro atoms. The first-order valence-electron chi connectivity index (χ1n) is 7.97. The van der Waals surface area contributed by atoms with Crippen LogP contribution in [0.25, 0.3) is 0 Å². The van der Waals surface area contributed by atoms with Crippen LogP contribution in [0.1, 0.15) is 28.6 Å². The molecule has 1 unspecified atom stereocenters. The summed E-state index contributed by atoms with van der Waals surface area (Å²) in [6.07, 6.45) is 2.05. The Hall–Kier alpha value is -2.67. The molecule has 6 nitrogen and oxygen atoms in total. The van der Waals surface area contributed by atoms with E-state index in [1.165, 1.54) is 24.5 Å². The zero-order valence-corrected chi connectivity index (χ0v) is 14.3. The highest BCUT2D eigenvalue weighted by Gasteiger charge is 2.16. The van der Waals surface area contributed by atoms with Crippen molar-refractivity contribution in [3.05, 3.63) is 59.8 Å². The van der Waals surface area contributed by atoms with Crippen molar-refractivity contribution < 1.29 is 18.4 Å². The third-order valence-corrected chi connectivity index (χ3v) is 3.63. The minimum absolute atomic E-state index is 0.149. The maximum absolute atomic E-state index is 13.1. The minimum atomic E-state index is -0.452. The topological polar surface area (TPSA) is 74.6 Å². The number of amides is 2. The monoisotopic (exact) mass is 347 g/mol. The van der Waals surface area contributed by atoms with Gasteiger partial charge in [0.2, 0.25) is 5.91 Å². The molecule has 0 saturated heterocycles. The van der Waals surface area contributed by atoms with Crippen molar-refractivity contribution in [2.75, 3.05) is 27.2 Å². The number of halogens is 1. The molecule has 2 N–H and O–H groups in total. The molecule has 2 aromatic rings. The summed E-state index contributed by atoms with van der Waals surface area (Å²) in [4.78, 5) is 26.0. The van der Waals surface area contributed by atoms with Gasteiger partial charge in [-0.1, -0.05) is 12.1 Å². The molecule has 0 fully saturated rings. The summed E-state index contributed by atoms with van der Waals surface area (Å²) in [6.45, 7) is 0.584. The van der Waals surface area contributed by atoms with Gasteiger partial charge in [0.05, 0.1) is 18.8 Å². The van der Waals surface area contributed by atoms with E-state index < -0.39 is 5.91 Å². The van der Waals surface area contributed by atoms with Gasteiger partial charge in [-0.05, 0) is 56.9 Å². The van der Waals surface area contributed by atoms with Crippen LogP contribution in [0.2, 0.25) is 0 Å². The zero-order chi connectivity index (χ0) is 18.2. The minimum Gasteiger partial charge on any atom is -0.459 e. The summed E-state index contributed by atoms with van der Waals surface area (Å²) in [7, 11) is 3.88. The van der Waals surface area contributed by atoms with Gasteiger partial charge in [0.15, 0.2) is 5.76 Å². The molecule has 134 valence electrons. The summed E-state index contributed by atoms with van der Waals surface area (Å²) in [5, 5.41) is 5.38. The molecule has 2 amide bonds. The lowest BCUT2D eigenvalue weighted by Crippen LogP contribution is -2.39. The van der Waals surface area contributed by atoms with E-state index in [1.54, 1.807) is 18.2 Å². The standard InChI is InChI=1S/C18H22FN3O3/c1-22(2)10-9-15(13-5-7-14(19)8-6-13)21-17(23)12-20-18(24)16-4-3-11-25-16/h3-8,11,15H,9-10,12H2,1-2H3,(H,20,24)(H,21,23). The highest BCUT2D eigenvalue weighted by molar-refractivity contribution is 5.94. The van der Waals surface area contributed by atoms with E-state index in [0.29, 0.717) is 6.42 Å². The number of nitrogens with zero attached hydrogens (tertiary/aromatic N) is 1. The molecular weight excluding hydrogens is 325 g/mol. The second-order valence-corrected chi connectivity index (χ2v) is 5.92. The van der Waals surface area contributed by atoms with Crippen molar-refractivity contribution in [3.63, 3.8) is 0 Å². The van der Waals surface area contributed by atoms with Crippen molar-refractivity contribution in [2.24, 2.45) is 0 Å². The Morgan fingerprint density at radius 1 is 1.20 bits per heavy atom.